The third-order valence-corrected chi connectivity index (χ3v) is 3.17. The molecule has 1 heterocycles. The Balaban J connectivity index is 2.14. The summed E-state index contributed by atoms with van der Waals surface area (Å²) in [5, 5.41) is 4.30. The summed E-state index contributed by atoms with van der Waals surface area (Å²) in [6.07, 6.45) is 0.295. The number of rotatable bonds is 0. The summed E-state index contributed by atoms with van der Waals surface area (Å²) >= 11 is 0. The number of fused-ring (bicyclic) bond motifs is 2. The Bertz CT molecular complexity index is 666. The average Bonchev–Trinajstić information content (AvgIpc) is 2.41. The number of halogens is 6. The van der Waals surface area contributed by atoms with Crippen molar-refractivity contribution in [2.24, 2.45) is 0 Å². The molecular weight excluding hydrogens is 286 g/mol. The molecule has 8 heteroatoms. The van der Waals surface area contributed by atoms with Crippen molar-refractivity contribution < 1.29 is 26.3 Å². The van der Waals surface area contributed by atoms with Crippen LogP contribution in [0.4, 0.5) is 37.7 Å². The van der Waals surface area contributed by atoms with E-state index >= 15 is 0 Å². The molecule has 2 aliphatic rings. The van der Waals surface area contributed by atoms with Gasteiger partial charge in [-0.15, -0.1) is 0 Å². The molecule has 2 nitrogen and oxygen atoms in total. The van der Waals surface area contributed by atoms with Gasteiger partial charge in [0.2, 0.25) is 0 Å². The highest BCUT2D eigenvalue weighted by Gasteiger charge is 2.41. The molecule has 20 heavy (non-hydrogen) atoms. The lowest BCUT2D eigenvalue weighted by molar-refractivity contribution is 0.423. The lowest BCUT2D eigenvalue weighted by atomic mass is 9.96. The molecule has 1 aromatic rings. The molecule has 0 aromatic heterocycles. The summed E-state index contributed by atoms with van der Waals surface area (Å²) in [6.45, 7) is 0. The third-order valence-electron chi connectivity index (χ3n) is 3.17. The van der Waals surface area contributed by atoms with Crippen LogP contribution in [0.1, 0.15) is 0 Å². The van der Waals surface area contributed by atoms with Crippen LogP contribution in [0.2, 0.25) is 0 Å². The zero-order valence-electron chi connectivity index (χ0n) is 9.58. The first-order valence-electron chi connectivity index (χ1n) is 5.53. The van der Waals surface area contributed by atoms with Crippen molar-refractivity contribution in [3.8, 4) is 0 Å². The van der Waals surface area contributed by atoms with Crippen LogP contribution in [0, 0.1) is 17.5 Å². The number of benzene rings is 1. The van der Waals surface area contributed by atoms with Gasteiger partial charge in [0.1, 0.15) is 23.6 Å². The van der Waals surface area contributed by atoms with Crippen LogP contribution in [-0.4, -0.2) is 12.1 Å². The van der Waals surface area contributed by atoms with E-state index in [1.807, 2.05) is 0 Å². The van der Waals surface area contributed by atoms with Crippen molar-refractivity contribution in [2.75, 3.05) is 10.6 Å². The van der Waals surface area contributed by atoms with Crippen molar-refractivity contribution in [1.82, 2.24) is 0 Å². The van der Waals surface area contributed by atoms with Gasteiger partial charge in [0.25, 0.3) is 0 Å². The van der Waals surface area contributed by atoms with E-state index in [4.69, 9.17) is 0 Å². The predicted octanol–water partition coefficient (Wildman–Crippen LogP) is 3.70. The van der Waals surface area contributed by atoms with Crippen LogP contribution < -0.4 is 10.6 Å². The van der Waals surface area contributed by atoms with E-state index in [2.05, 4.69) is 10.6 Å². The van der Waals surface area contributed by atoms with E-state index in [0.717, 1.165) is 0 Å². The molecule has 1 aromatic carbocycles. The summed E-state index contributed by atoms with van der Waals surface area (Å²) in [7, 11) is 0. The Hall–Kier alpha value is -2.12. The van der Waals surface area contributed by atoms with Gasteiger partial charge < -0.3 is 10.6 Å². The SMILES string of the molecule is FC1=CC(F)=C(F)C2Nc3c(F)cc(F)c(F)c3NC12. The van der Waals surface area contributed by atoms with Gasteiger partial charge >= 0.3 is 0 Å². The second kappa shape index (κ2) is 4.19. The molecule has 2 N–H and O–H groups in total. The fraction of sp³-hybridized carbons (Fsp3) is 0.167. The minimum absolute atomic E-state index is 0.260. The molecule has 1 aliphatic carbocycles. The minimum atomic E-state index is -1.58. The predicted molar refractivity (Wildman–Crippen MR) is 59.6 cm³/mol. The van der Waals surface area contributed by atoms with E-state index in [9.17, 15) is 26.3 Å². The van der Waals surface area contributed by atoms with E-state index in [1.54, 1.807) is 0 Å². The Kier molecular flexibility index (Phi) is 2.70. The van der Waals surface area contributed by atoms with Crippen LogP contribution >= 0.6 is 0 Å². The molecule has 0 saturated heterocycles. The van der Waals surface area contributed by atoms with Crippen LogP contribution in [0.3, 0.4) is 0 Å². The lowest BCUT2D eigenvalue weighted by Gasteiger charge is -2.36. The fourth-order valence-corrected chi connectivity index (χ4v) is 2.22. The summed E-state index contributed by atoms with van der Waals surface area (Å²) < 4.78 is 80.5. The quantitative estimate of drug-likeness (QED) is 0.563. The minimum Gasteiger partial charge on any atom is -0.369 e. The van der Waals surface area contributed by atoms with Gasteiger partial charge in [0.05, 0.1) is 5.69 Å². The Morgan fingerprint density at radius 2 is 1.45 bits per heavy atom. The Labute approximate surface area is 108 Å². The highest BCUT2D eigenvalue weighted by Crippen LogP contribution is 2.41. The maximum absolute atomic E-state index is 13.6. The van der Waals surface area contributed by atoms with Crippen molar-refractivity contribution in [1.29, 1.82) is 0 Å². The van der Waals surface area contributed by atoms with Crippen molar-refractivity contribution in [3.63, 3.8) is 0 Å². The second-order valence-electron chi connectivity index (χ2n) is 4.37. The van der Waals surface area contributed by atoms with Gasteiger partial charge in [0.15, 0.2) is 29.1 Å². The van der Waals surface area contributed by atoms with Gasteiger partial charge in [-0.05, 0) is 0 Å². The smallest absolute Gasteiger partial charge is 0.184 e. The molecule has 2 unspecified atom stereocenters. The van der Waals surface area contributed by atoms with Crippen LogP contribution in [0.15, 0.2) is 29.6 Å². The van der Waals surface area contributed by atoms with E-state index in [-0.39, 0.29) is 6.07 Å². The molecular formula is C12H6F6N2. The van der Waals surface area contributed by atoms with Gasteiger partial charge in [-0.25, -0.2) is 26.3 Å². The molecule has 2 atom stereocenters. The Morgan fingerprint density at radius 3 is 2.15 bits per heavy atom. The van der Waals surface area contributed by atoms with Crippen LogP contribution in [0.25, 0.3) is 0 Å². The first-order valence-corrected chi connectivity index (χ1v) is 5.53. The number of anilines is 2. The zero-order valence-corrected chi connectivity index (χ0v) is 9.58. The number of allylic oxidation sites excluding steroid dienone is 2. The molecule has 1 aliphatic heterocycles. The average molecular weight is 292 g/mol. The first kappa shape index (κ1) is 12.9. The van der Waals surface area contributed by atoms with Crippen molar-refractivity contribution >= 4 is 11.4 Å². The summed E-state index contributed by atoms with van der Waals surface area (Å²) in [6, 6.07) is -2.81. The van der Waals surface area contributed by atoms with Gasteiger partial charge in [-0.2, -0.15) is 0 Å². The molecule has 0 radical (unpaired) electrons. The topological polar surface area (TPSA) is 24.1 Å². The largest absolute Gasteiger partial charge is 0.369 e. The van der Waals surface area contributed by atoms with Gasteiger partial charge in [-0.3, -0.25) is 0 Å². The second-order valence-corrected chi connectivity index (χ2v) is 4.37. The normalized spacial score (nSPS) is 24.4. The summed E-state index contributed by atoms with van der Waals surface area (Å²) in [5.74, 6) is -8.01. The van der Waals surface area contributed by atoms with E-state index < -0.39 is 58.4 Å². The van der Waals surface area contributed by atoms with Crippen molar-refractivity contribution in [2.45, 2.75) is 12.1 Å². The molecule has 0 amide bonds. The van der Waals surface area contributed by atoms with Gasteiger partial charge in [-0.1, -0.05) is 0 Å². The molecule has 0 fully saturated rings. The summed E-state index contributed by atoms with van der Waals surface area (Å²) in [4.78, 5) is 0. The number of nitrogens with one attached hydrogen (secondary N) is 2. The van der Waals surface area contributed by atoms with Crippen LogP contribution in [-0.2, 0) is 0 Å². The first-order chi connectivity index (χ1) is 9.40. The fourth-order valence-electron chi connectivity index (χ4n) is 2.22. The molecule has 0 saturated carbocycles. The monoisotopic (exact) mass is 292 g/mol. The van der Waals surface area contributed by atoms with Crippen molar-refractivity contribution in [3.05, 3.63) is 47.1 Å². The highest BCUT2D eigenvalue weighted by atomic mass is 19.2. The van der Waals surface area contributed by atoms with Gasteiger partial charge in [0, 0.05) is 12.1 Å². The summed E-state index contributed by atoms with van der Waals surface area (Å²) in [5.41, 5.74) is -1.25. The number of hydrogen-bond donors (Lipinski definition) is 2. The maximum atomic E-state index is 13.6. The standard InChI is InChI=1S/C12H6F6N2/c13-3-1-5(15)9-11(7(3)17)20-10-6(16)2-4(14)8(18)12(10)19-9/h1-2,9,11,19-20H. The highest BCUT2D eigenvalue weighted by molar-refractivity contribution is 5.75. The third kappa shape index (κ3) is 1.67. The molecule has 0 spiro atoms. The lowest BCUT2D eigenvalue weighted by Crippen LogP contribution is -2.46. The van der Waals surface area contributed by atoms with E-state index in [1.165, 1.54) is 0 Å². The molecule has 0 bridgehead atoms. The van der Waals surface area contributed by atoms with E-state index in [0.29, 0.717) is 6.08 Å². The molecule has 3 rings (SSSR count). The molecule has 106 valence electrons. The zero-order chi connectivity index (χ0) is 14.6. The Morgan fingerprint density at radius 1 is 0.800 bits per heavy atom. The number of hydrogen-bond acceptors (Lipinski definition) is 2. The van der Waals surface area contributed by atoms with Crippen LogP contribution in [0.5, 0.6) is 0 Å². The maximum Gasteiger partial charge on any atom is 0.184 e.